The maximum Gasteiger partial charge on any atom is 0.163 e. The zero-order valence-electron chi connectivity index (χ0n) is 9.89. The summed E-state index contributed by atoms with van der Waals surface area (Å²) < 4.78 is 3.00. The van der Waals surface area contributed by atoms with Crippen molar-refractivity contribution in [3.05, 3.63) is 29.0 Å². The second-order valence-corrected chi connectivity index (χ2v) is 5.39. The van der Waals surface area contributed by atoms with Gasteiger partial charge in [-0.3, -0.25) is 0 Å². The Balaban J connectivity index is 2.42. The minimum Gasteiger partial charge on any atom is -0.399 e. The molecule has 0 amide bonds. The minimum absolute atomic E-state index is 0.550. The number of nitrogen functional groups attached to an aromatic ring is 1. The molecule has 0 atom stereocenters. The van der Waals surface area contributed by atoms with E-state index >= 15 is 0 Å². The van der Waals surface area contributed by atoms with Crippen molar-refractivity contribution in [2.45, 2.75) is 20.4 Å². The Morgan fingerprint density at radius 3 is 2.76 bits per heavy atom. The Labute approximate surface area is 109 Å². The molecule has 0 aliphatic carbocycles. The summed E-state index contributed by atoms with van der Waals surface area (Å²) in [7, 11) is 0. The summed E-state index contributed by atoms with van der Waals surface area (Å²) in [6.45, 7) is 5.23. The molecule has 0 saturated carbocycles. The van der Waals surface area contributed by atoms with Gasteiger partial charge in [0.1, 0.15) is 6.33 Å². The summed E-state index contributed by atoms with van der Waals surface area (Å²) in [6, 6.07) is 5.77. The summed E-state index contributed by atoms with van der Waals surface area (Å²) in [5, 5.41) is 8.13. The molecule has 0 saturated heterocycles. The molecule has 0 bridgehead atoms. The predicted octanol–water partition coefficient (Wildman–Crippen LogP) is 2.95. The molecule has 0 unspecified atom stereocenters. The van der Waals surface area contributed by atoms with Crippen LogP contribution >= 0.6 is 15.9 Å². The molecule has 0 aliphatic rings. The molecule has 1 aromatic carbocycles. The molecule has 1 aromatic heterocycles. The van der Waals surface area contributed by atoms with Gasteiger partial charge in [0, 0.05) is 22.3 Å². The highest BCUT2D eigenvalue weighted by Crippen LogP contribution is 2.25. The number of hydrogen-bond donors (Lipinski definition) is 1. The van der Waals surface area contributed by atoms with Gasteiger partial charge >= 0.3 is 0 Å². The predicted molar refractivity (Wildman–Crippen MR) is 72.4 cm³/mol. The van der Waals surface area contributed by atoms with E-state index in [0.717, 1.165) is 22.4 Å². The third-order valence-electron chi connectivity index (χ3n) is 2.36. The largest absolute Gasteiger partial charge is 0.399 e. The molecule has 17 heavy (non-hydrogen) atoms. The van der Waals surface area contributed by atoms with Gasteiger partial charge in [0.05, 0.1) is 0 Å². The lowest BCUT2D eigenvalue weighted by atomic mass is 10.1. The molecular formula is C12H15BrN4. The number of aromatic nitrogens is 3. The van der Waals surface area contributed by atoms with Gasteiger partial charge in [0.25, 0.3) is 0 Å². The van der Waals surface area contributed by atoms with Crippen molar-refractivity contribution >= 4 is 21.6 Å². The van der Waals surface area contributed by atoms with Crippen molar-refractivity contribution in [1.82, 2.24) is 14.8 Å². The minimum atomic E-state index is 0.550. The van der Waals surface area contributed by atoms with Crippen molar-refractivity contribution in [1.29, 1.82) is 0 Å². The van der Waals surface area contributed by atoms with E-state index < -0.39 is 0 Å². The first-order valence-electron chi connectivity index (χ1n) is 5.50. The van der Waals surface area contributed by atoms with E-state index in [1.165, 1.54) is 0 Å². The van der Waals surface area contributed by atoms with Gasteiger partial charge in [0.15, 0.2) is 5.82 Å². The van der Waals surface area contributed by atoms with Crippen LogP contribution in [0.4, 0.5) is 5.69 Å². The molecule has 0 fully saturated rings. The quantitative estimate of drug-likeness (QED) is 0.886. The molecule has 5 heteroatoms. The summed E-state index contributed by atoms with van der Waals surface area (Å²) in [5.74, 6) is 1.40. The zero-order chi connectivity index (χ0) is 12.4. The van der Waals surface area contributed by atoms with Gasteiger partial charge in [-0.2, -0.15) is 0 Å². The number of nitrogens with two attached hydrogens (primary N) is 1. The van der Waals surface area contributed by atoms with Crippen molar-refractivity contribution in [2.24, 2.45) is 5.92 Å². The maximum absolute atomic E-state index is 5.83. The van der Waals surface area contributed by atoms with Crippen molar-refractivity contribution in [2.75, 3.05) is 5.73 Å². The lowest BCUT2D eigenvalue weighted by molar-refractivity contribution is 0.525. The number of anilines is 1. The van der Waals surface area contributed by atoms with Crippen LogP contribution in [0.1, 0.15) is 13.8 Å². The summed E-state index contributed by atoms with van der Waals surface area (Å²) in [6.07, 6.45) is 1.76. The Kier molecular flexibility index (Phi) is 3.47. The van der Waals surface area contributed by atoms with E-state index in [4.69, 9.17) is 5.73 Å². The number of nitrogens with zero attached hydrogens (tertiary/aromatic N) is 3. The molecule has 0 radical (unpaired) electrons. The number of benzene rings is 1. The highest BCUT2D eigenvalue weighted by molar-refractivity contribution is 9.10. The Morgan fingerprint density at radius 2 is 2.12 bits per heavy atom. The zero-order valence-corrected chi connectivity index (χ0v) is 11.5. The lowest BCUT2D eigenvalue weighted by Gasteiger charge is -2.09. The van der Waals surface area contributed by atoms with Crippen LogP contribution in [0.5, 0.6) is 0 Å². The molecule has 90 valence electrons. The monoisotopic (exact) mass is 294 g/mol. The fourth-order valence-electron chi connectivity index (χ4n) is 1.75. The normalized spacial score (nSPS) is 11.1. The maximum atomic E-state index is 5.83. The molecule has 4 nitrogen and oxygen atoms in total. The van der Waals surface area contributed by atoms with E-state index in [0.29, 0.717) is 11.6 Å². The van der Waals surface area contributed by atoms with E-state index in [-0.39, 0.29) is 0 Å². The van der Waals surface area contributed by atoms with Crippen LogP contribution in [-0.4, -0.2) is 14.8 Å². The van der Waals surface area contributed by atoms with E-state index in [1.807, 2.05) is 22.8 Å². The average molecular weight is 295 g/mol. The first-order chi connectivity index (χ1) is 8.06. The standard InChI is InChI=1S/C12H15BrN4/c1-8(2)6-17-7-15-16-12(17)9-3-10(13)5-11(14)4-9/h3-5,7-8H,6,14H2,1-2H3. The average Bonchev–Trinajstić information content (AvgIpc) is 2.63. The number of rotatable bonds is 3. The topological polar surface area (TPSA) is 56.7 Å². The van der Waals surface area contributed by atoms with Crippen molar-refractivity contribution in [3.63, 3.8) is 0 Å². The van der Waals surface area contributed by atoms with E-state index in [1.54, 1.807) is 6.33 Å². The van der Waals surface area contributed by atoms with Crippen LogP contribution in [0.15, 0.2) is 29.0 Å². The van der Waals surface area contributed by atoms with Gasteiger partial charge in [-0.15, -0.1) is 10.2 Å². The van der Waals surface area contributed by atoms with Crippen LogP contribution in [0.25, 0.3) is 11.4 Å². The van der Waals surface area contributed by atoms with Crippen molar-refractivity contribution < 1.29 is 0 Å². The number of hydrogen-bond acceptors (Lipinski definition) is 3. The summed E-state index contributed by atoms with van der Waals surface area (Å²) >= 11 is 3.44. The van der Waals surface area contributed by atoms with Crippen LogP contribution < -0.4 is 5.73 Å². The molecule has 2 N–H and O–H groups in total. The smallest absolute Gasteiger partial charge is 0.163 e. The third-order valence-corrected chi connectivity index (χ3v) is 2.81. The highest BCUT2D eigenvalue weighted by atomic mass is 79.9. The van der Waals surface area contributed by atoms with Gasteiger partial charge in [-0.1, -0.05) is 29.8 Å². The molecule has 2 aromatic rings. The second kappa shape index (κ2) is 4.87. The van der Waals surface area contributed by atoms with E-state index in [2.05, 4.69) is 40.0 Å². The van der Waals surface area contributed by atoms with Crippen LogP contribution in [0.2, 0.25) is 0 Å². The Hall–Kier alpha value is -1.36. The number of halogens is 1. The Morgan fingerprint density at radius 1 is 1.35 bits per heavy atom. The molecule has 2 rings (SSSR count). The highest BCUT2D eigenvalue weighted by Gasteiger charge is 2.09. The van der Waals surface area contributed by atoms with Crippen LogP contribution in [0, 0.1) is 5.92 Å². The van der Waals surface area contributed by atoms with E-state index in [9.17, 15) is 0 Å². The van der Waals surface area contributed by atoms with Crippen LogP contribution in [0.3, 0.4) is 0 Å². The SMILES string of the molecule is CC(C)Cn1cnnc1-c1cc(N)cc(Br)c1. The summed E-state index contributed by atoms with van der Waals surface area (Å²) in [5.41, 5.74) is 7.53. The van der Waals surface area contributed by atoms with Gasteiger partial charge in [-0.05, 0) is 24.1 Å². The lowest BCUT2D eigenvalue weighted by Crippen LogP contribution is -2.05. The third kappa shape index (κ3) is 2.85. The first kappa shape index (κ1) is 12.1. The Bertz CT molecular complexity index is 499. The van der Waals surface area contributed by atoms with Crippen LogP contribution in [-0.2, 0) is 6.54 Å². The molecule has 0 aliphatic heterocycles. The van der Waals surface area contributed by atoms with Gasteiger partial charge in [0.2, 0.25) is 0 Å². The summed E-state index contributed by atoms with van der Waals surface area (Å²) in [4.78, 5) is 0. The fourth-order valence-corrected chi connectivity index (χ4v) is 2.26. The first-order valence-corrected chi connectivity index (χ1v) is 6.30. The van der Waals surface area contributed by atoms with Gasteiger partial charge in [-0.25, -0.2) is 0 Å². The molecule has 0 spiro atoms. The van der Waals surface area contributed by atoms with Crippen molar-refractivity contribution in [3.8, 4) is 11.4 Å². The van der Waals surface area contributed by atoms with Gasteiger partial charge < -0.3 is 10.3 Å². The fraction of sp³-hybridized carbons (Fsp3) is 0.333. The second-order valence-electron chi connectivity index (χ2n) is 4.47. The molecular weight excluding hydrogens is 280 g/mol. The molecule has 1 heterocycles.